The van der Waals surface area contributed by atoms with Crippen molar-refractivity contribution in [1.29, 1.82) is 0 Å². The van der Waals surface area contributed by atoms with E-state index in [1.807, 2.05) is 40.8 Å². The van der Waals surface area contributed by atoms with Crippen molar-refractivity contribution < 1.29 is 4.79 Å². The molecule has 1 aliphatic heterocycles. The monoisotopic (exact) mass is 347 g/mol. The maximum absolute atomic E-state index is 12.6. The first-order chi connectivity index (χ1) is 12.6. The number of benzene rings is 1. The number of amides is 1. The molecule has 0 atom stereocenters. The summed E-state index contributed by atoms with van der Waals surface area (Å²) in [5.74, 6) is 0.532. The van der Waals surface area contributed by atoms with Crippen LogP contribution >= 0.6 is 0 Å². The van der Waals surface area contributed by atoms with Crippen LogP contribution in [0.25, 0.3) is 28.2 Å². The summed E-state index contributed by atoms with van der Waals surface area (Å²) in [5, 5.41) is 0.809. The molecule has 6 nitrogen and oxygen atoms in total. The molecule has 3 heterocycles. The fourth-order valence-corrected chi connectivity index (χ4v) is 3.71. The van der Waals surface area contributed by atoms with Gasteiger partial charge in [0.2, 0.25) is 0 Å². The standard InChI is InChI=1S/C20H21N5O/c1-3-15-16(17-18(21)22-12-23-19(17)24(15)2)13-6-8-14(9-7-13)20(26)25-10-4-5-11-25/h3,6-9,12H,1,4-5,10-11H2,2H3,(H2,21,22,23). The summed E-state index contributed by atoms with van der Waals surface area (Å²) in [4.78, 5) is 23.0. The smallest absolute Gasteiger partial charge is 0.253 e. The van der Waals surface area contributed by atoms with Crippen LogP contribution < -0.4 is 5.73 Å². The minimum absolute atomic E-state index is 0.0961. The third-order valence-electron chi connectivity index (χ3n) is 5.05. The summed E-state index contributed by atoms with van der Waals surface area (Å²) in [7, 11) is 1.93. The van der Waals surface area contributed by atoms with Crippen molar-refractivity contribution in [3.8, 4) is 11.1 Å². The highest BCUT2D eigenvalue weighted by molar-refractivity contribution is 6.05. The van der Waals surface area contributed by atoms with Gasteiger partial charge in [0.15, 0.2) is 0 Å². The molecule has 1 fully saturated rings. The van der Waals surface area contributed by atoms with E-state index in [1.54, 1.807) is 6.08 Å². The maximum Gasteiger partial charge on any atom is 0.253 e. The molecule has 26 heavy (non-hydrogen) atoms. The lowest BCUT2D eigenvalue weighted by atomic mass is 10.0. The van der Waals surface area contributed by atoms with Crippen molar-refractivity contribution in [3.63, 3.8) is 0 Å². The Morgan fingerprint density at radius 2 is 1.88 bits per heavy atom. The Bertz CT molecular complexity index is 997. The zero-order valence-corrected chi connectivity index (χ0v) is 14.8. The number of fused-ring (bicyclic) bond motifs is 1. The van der Waals surface area contributed by atoms with Crippen LogP contribution in [0.1, 0.15) is 28.9 Å². The van der Waals surface area contributed by atoms with E-state index < -0.39 is 0 Å². The minimum atomic E-state index is 0.0961. The molecule has 3 aromatic rings. The van der Waals surface area contributed by atoms with Crippen LogP contribution in [-0.4, -0.2) is 38.4 Å². The lowest BCUT2D eigenvalue weighted by Gasteiger charge is -2.15. The average Bonchev–Trinajstić information content (AvgIpc) is 3.29. The van der Waals surface area contributed by atoms with Crippen molar-refractivity contribution in [2.75, 3.05) is 18.8 Å². The second-order valence-electron chi connectivity index (χ2n) is 6.56. The topological polar surface area (TPSA) is 77.0 Å². The van der Waals surface area contributed by atoms with Crippen molar-refractivity contribution >= 4 is 28.8 Å². The molecular formula is C20H21N5O. The van der Waals surface area contributed by atoms with Crippen LogP contribution in [0.3, 0.4) is 0 Å². The van der Waals surface area contributed by atoms with E-state index in [1.165, 1.54) is 6.33 Å². The molecule has 1 saturated heterocycles. The molecule has 1 aromatic carbocycles. The van der Waals surface area contributed by atoms with Gasteiger partial charge in [-0.2, -0.15) is 0 Å². The highest BCUT2D eigenvalue weighted by Crippen LogP contribution is 2.36. The van der Waals surface area contributed by atoms with Crippen LogP contribution in [0.15, 0.2) is 37.2 Å². The van der Waals surface area contributed by atoms with Gasteiger partial charge in [-0.1, -0.05) is 18.7 Å². The zero-order chi connectivity index (χ0) is 18.3. The predicted octanol–water partition coefficient (Wildman–Crippen LogP) is 3.10. The highest BCUT2D eigenvalue weighted by atomic mass is 16.2. The molecule has 0 saturated carbocycles. The number of aryl methyl sites for hydroxylation is 1. The molecule has 0 bridgehead atoms. The fourth-order valence-electron chi connectivity index (χ4n) is 3.71. The van der Waals surface area contributed by atoms with Crippen molar-refractivity contribution in [1.82, 2.24) is 19.4 Å². The van der Waals surface area contributed by atoms with Gasteiger partial charge >= 0.3 is 0 Å². The van der Waals surface area contributed by atoms with E-state index in [0.29, 0.717) is 11.4 Å². The number of aromatic nitrogens is 3. The van der Waals surface area contributed by atoms with Gasteiger partial charge in [0, 0.05) is 31.3 Å². The molecule has 0 unspecified atom stereocenters. The Kier molecular flexibility index (Phi) is 3.95. The molecular weight excluding hydrogens is 326 g/mol. The summed E-state index contributed by atoms with van der Waals surface area (Å²) in [5.41, 5.74) is 10.4. The number of hydrogen-bond donors (Lipinski definition) is 1. The Morgan fingerprint density at radius 3 is 2.54 bits per heavy atom. The highest BCUT2D eigenvalue weighted by Gasteiger charge is 2.21. The first kappa shape index (κ1) is 16.3. The maximum atomic E-state index is 12.6. The number of rotatable bonds is 3. The number of anilines is 1. The van der Waals surface area contributed by atoms with E-state index in [-0.39, 0.29) is 5.91 Å². The lowest BCUT2D eigenvalue weighted by Crippen LogP contribution is -2.27. The SMILES string of the molecule is C=Cc1c(-c2ccc(C(=O)N3CCCC3)cc2)c2c(N)ncnc2n1C. The van der Waals surface area contributed by atoms with Gasteiger partial charge in [-0.3, -0.25) is 4.79 Å². The second-order valence-corrected chi connectivity index (χ2v) is 6.56. The number of nitrogens with two attached hydrogens (primary N) is 1. The summed E-state index contributed by atoms with van der Waals surface area (Å²) in [6, 6.07) is 7.67. The molecule has 0 aliphatic carbocycles. The van der Waals surface area contributed by atoms with Crippen LogP contribution in [-0.2, 0) is 7.05 Å². The van der Waals surface area contributed by atoms with Gasteiger partial charge in [0.25, 0.3) is 5.91 Å². The first-order valence-corrected chi connectivity index (χ1v) is 8.73. The molecule has 0 radical (unpaired) electrons. The Balaban J connectivity index is 1.81. The third-order valence-corrected chi connectivity index (χ3v) is 5.05. The minimum Gasteiger partial charge on any atom is -0.383 e. The summed E-state index contributed by atoms with van der Waals surface area (Å²) >= 11 is 0. The summed E-state index contributed by atoms with van der Waals surface area (Å²) in [6.07, 6.45) is 5.43. The van der Waals surface area contributed by atoms with Crippen LogP contribution in [0.2, 0.25) is 0 Å². The third kappa shape index (κ3) is 2.45. The van der Waals surface area contributed by atoms with Gasteiger partial charge in [0.05, 0.1) is 11.1 Å². The Hall–Kier alpha value is -3.15. The predicted molar refractivity (Wildman–Crippen MR) is 104 cm³/mol. The van der Waals surface area contributed by atoms with Gasteiger partial charge in [-0.15, -0.1) is 0 Å². The summed E-state index contributed by atoms with van der Waals surface area (Å²) in [6.45, 7) is 5.62. The number of carbonyl (C=O) groups excluding carboxylic acids is 1. The van der Waals surface area contributed by atoms with Crippen molar-refractivity contribution in [3.05, 3.63) is 48.4 Å². The molecule has 2 aromatic heterocycles. The van der Waals surface area contributed by atoms with E-state index in [2.05, 4.69) is 16.5 Å². The Labute approximate surface area is 152 Å². The molecule has 4 rings (SSSR count). The van der Waals surface area contributed by atoms with Gasteiger partial charge in [-0.05, 0) is 36.6 Å². The first-order valence-electron chi connectivity index (χ1n) is 8.73. The number of likely N-dealkylation sites (tertiary alicyclic amines) is 1. The molecule has 6 heteroatoms. The van der Waals surface area contributed by atoms with Gasteiger partial charge in [0.1, 0.15) is 17.8 Å². The Morgan fingerprint density at radius 1 is 1.19 bits per heavy atom. The number of nitrogen functional groups attached to an aromatic ring is 1. The number of hydrogen-bond acceptors (Lipinski definition) is 4. The zero-order valence-electron chi connectivity index (χ0n) is 14.8. The van der Waals surface area contributed by atoms with E-state index >= 15 is 0 Å². The quantitative estimate of drug-likeness (QED) is 0.790. The van der Waals surface area contributed by atoms with Gasteiger partial charge in [-0.25, -0.2) is 9.97 Å². The molecule has 0 spiro atoms. The van der Waals surface area contributed by atoms with E-state index in [9.17, 15) is 4.79 Å². The number of carbonyl (C=O) groups is 1. The van der Waals surface area contributed by atoms with Crippen molar-refractivity contribution in [2.45, 2.75) is 12.8 Å². The molecule has 1 amide bonds. The van der Waals surface area contributed by atoms with Crippen LogP contribution in [0, 0.1) is 0 Å². The van der Waals surface area contributed by atoms with Crippen molar-refractivity contribution in [2.24, 2.45) is 7.05 Å². The van der Waals surface area contributed by atoms with Crippen LogP contribution in [0.4, 0.5) is 5.82 Å². The van der Waals surface area contributed by atoms with E-state index in [0.717, 1.165) is 53.8 Å². The van der Waals surface area contributed by atoms with Gasteiger partial charge < -0.3 is 15.2 Å². The second kappa shape index (κ2) is 6.29. The lowest BCUT2D eigenvalue weighted by molar-refractivity contribution is 0.0793. The van der Waals surface area contributed by atoms with Crippen LogP contribution in [0.5, 0.6) is 0 Å². The largest absolute Gasteiger partial charge is 0.383 e. The van der Waals surface area contributed by atoms with E-state index in [4.69, 9.17) is 5.73 Å². The molecule has 2 N–H and O–H groups in total. The average molecular weight is 347 g/mol. The number of nitrogens with zero attached hydrogens (tertiary/aromatic N) is 4. The molecule has 1 aliphatic rings. The molecule has 132 valence electrons. The summed E-state index contributed by atoms with van der Waals surface area (Å²) < 4.78 is 1.96. The normalized spacial score (nSPS) is 14.1. The fraction of sp³-hybridized carbons (Fsp3) is 0.250.